The first-order chi connectivity index (χ1) is 14.0. The Hall–Kier alpha value is -3.00. The number of carbonyl (C=O) groups excluding carboxylic acids is 1. The van der Waals surface area contributed by atoms with Gasteiger partial charge in [0.1, 0.15) is 5.82 Å². The summed E-state index contributed by atoms with van der Waals surface area (Å²) in [6, 6.07) is 8.19. The van der Waals surface area contributed by atoms with Crippen LogP contribution in [0.4, 0.5) is 17.5 Å². The number of hydrogen-bond donors (Lipinski definition) is 1. The lowest BCUT2D eigenvalue weighted by Crippen LogP contribution is -2.27. The van der Waals surface area contributed by atoms with E-state index in [0.29, 0.717) is 5.95 Å². The van der Waals surface area contributed by atoms with E-state index in [-0.39, 0.29) is 11.9 Å². The van der Waals surface area contributed by atoms with Gasteiger partial charge in [-0.1, -0.05) is 6.58 Å². The zero-order valence-corrected chi connectivity index (χ0v) is 17.6. The van der Waals surface area contributed by atoms with Gasteiger partial charge in [-0.25, -0.2) is 15.0 Å². The number of nitrogens with one attached hydrogen (secondary N) is 1. The maximum absolute atomic E-state index is 11.9. The first-order valence-corrected chi connectivity index (χ1v) is 10.1. The number of rotatable bonds is 5. The molecule has 0 aliphatic carbocycles. The Morgan fingerprint density at radius 1 is 1.31 bits per heavy atom. The number of aromatic nitrogens is 3. The minimum atomic E-state index is -0.137. The van der Waals surface area contributed by atoms with Gasteiger partial charge in [0.25, 0.3) is 0 Å². The van der Waals surface area contributed by atoms with Crippen LogP contribution in [0.1, 0.15) is 6.42 Å². The molecule has 3 heterocycles. The summed E-state index contributed by atoms with van der Waals surface area (Å²) in [6.07, 6.45) is 7.58. The molecule has 7 nitrogen and oxygen atoms in total. The molecule has 1 saturated heterocycles. The number of nitrogens with zero attached hydrogens (tertiary/aromatic N) is 5. The van der Waals surface area contributed by atoms with Crippen LogP contribution >= 0.6 is 15.9 Å². The molecule has 1 amide bonds. The van der Waals surface area contributed by atoms with E-state index < -0.39 is 0 Å². The number of likely N-dealkylation sites (N-methyl/N-ethyl adjacent to an activating group) is 1. The highest BCUT2D eigenvalue weighted by molar-refractivity contribution is 9.10. The number of halogens is 1. The predicted octanol–water partition coefficient (Wildman–Crippen LogP) is 3.63. The summed E-state index contributed by atoms with van der Waals surface area (Å²) in [5.41, 5.74) is 0.827. The molecular formula is C21H21BrN6O. The first kappa shape index (κ1) is 19.3. The molecule has 1 aliphatic rings. The molecule has 1 N–H and O–H groups in total. The standard InChI is InChI=1S/C21H21BrN6O/c1-3-19(29)27(2)17-4-5-18-14(10-17)6-8-23-20(18)28-9-7-16(13-28)26-21-24-11-15(22)12-25-21/h3-6,8,10-12,16H,1,7,9,13H2,2H3,(H,24,25,26)/t16-/m1/s1. The second-order valence-corrected chi connectivity index (χ2v) is 7.86. The molecule has 1 fully saturated rings. The van der Waals surface area contributed by atoms with E-state index in [9.17, 15) is 4.79 Å². The Labute approximate surface area is 177 Å². The lowest BCUT2D eigenvalue weighted by Gasteiger charge is -2.21. The average Bonchev–Trinajstić information content (AvgIpc) is 3.21. The van der Waals surface area contributed by atoms with Crippen molar-refractivity contribution >= 4 is 50.1 Å². The van der Waals surface area contributed by atoms with E-state index in [1.807, 2.05) is 30.5 Å². The number of fused-ring (bicyclic) bond motifs is 1. The van der Waals surface area contributed by atoms with E-state index in [1.54, 1.807) is 24.3 Å². The van der Waals surface area contributed by atoms with Gasteiger partial charge in [0, 0.05) is 55.8 Å². The fourth-order valence-electron chi connectivity index (χ4n) is 3.51. The number of hydrogen-bond acceptors (Lipinski definition) is 6. The fourth-order valence-corrected chi connectivity index (χ4v) is 3.72. The summed E-state index contributed by atoms with van der Waals surface area (Å²) in [5.74, 6) is 1.44. The van der Waals surface area contributed by atoms with Crippen molar-refractivity contribution < 1.29 is 4.79 Å². The van der Waals surface area contributed by atoms with Crippen molar-refractivity contribution in [3.8, 4) is 0 Å². The predicted molar refractivity (Wildman–Crippen MR) is 119 cm³/mol. The molecule has 3 aromatic rings. The molecule has 2 aromatic heterocycles. The van der Waals surface area contributed by atoms with Crippen molar-refractivity contribution in [3.63, 3.8) is 0 Å². The van der Waals surface area contributed by atoms with Crippen molar-refractivity contribution in [2.45, 2.75) is 12.5 Å². The monoisotopic (exact) mass is 452 g/mol. The topological polar surface area (TPSA) is 74.2 Å². The fraction of sp³-hybridized carbons (Fsp3) is 0.238. The molecule has 148 valence electrons. The smallest absolute Gasteiger partial charge is 0.250 e. The lowest BCUT2D eigenvalue weighted by molar-refractivity contribution is -0.113. The number of carbonyl (C=O) groups is 1. The van der Waals surface area contributed by atoms with Crippen molar-refractivity contribution in [1.29, 1.82) is 0 Å². The maximum atomic E-state index is 11.9. The van der Waals surface area contributed by atoms with Crippen LogP contribution in [0.2, 0.25) is 0 Å². The lowest BCUT2D eigenvalue weighted by atomic mass is 10.1. The Kier molecular flexibility index (Phi) is 5.44. The normalized spacial score (nSPS) is 16.1. The number of anilines is 3. The van der Waals surface area contributed by atoms with Gasteiger partial charge >= 0.3 is 0 Å². The Morgan fingerprint density at radius 2 is 2.10 bits per heavy atom. The van der Waals surface area contributed by atoms with Gasteiger partial charge in [-0.2, -0.15) is 0 Å². The first-order valence-electron chi connectivity index (χ1n) is 9.33. The van der Waals surface area contributed by atoms with Crippen LogP contribution < -0.4 is 15.1 Å². The van der Waals surface area contributed by atoms with Crippen LogP contribution in [0, 0.1) is 0 Å². The number of amides is 1. The summed E-state index contributed by atoms with van der Waals surface area (Å²) < 4.78 is 0.857. The molecular weight excluding hydrogens is 432 g/mol. The van der Waals surface area contributed by atoms with Crippen molar-refractivity contribution in [3.05, 3.63) is 60.0 Å². The summed E-state index contributed by atoms with van der Waals surface area (Å²) in [5, 5.41) is 5.50. The van der Waals surface area contributed by atoms with Crippen molar-refractivity contribution in [2.75, 3.05) is 35.3 Å². The largest absolute Gasteiger partial charge is 0.354 e. The van der Waals surface area contributed by atoms with E-state index in [2.05, 4.69) is 47.7 Å². The molecule has 0 saturated carbocycles. The Morgan fingerprint density at radius 3 is 2.86 bits per heavy atom. The SMILES string of the molecule is C=CC(=O)N(C)c1ccc2c(N3CC[C@@H](Nc4ncc(Br)cn4)C3)nccc2c1. The molecule has 0 unspecified atom stereocenters. The molecule has 1 aromatic carbocycles. The van der Waals surface area contributed by atoms with Gasteiger partial charge < -0.3 is 15.1 Å². The second-order valence-electron chi connectivity index (χ2n) is 6.94. The third kappa shape index (κ3) is 4.07. The second kappa shape index (κ2) is 8.16. The van der Waals surface area contributed by atoms with Gasteiger partial charge in [0.2, 0.25) is 11.9 Å². The molecule has 29 heavy (non-hydrogen) atoms. The van der Waals surface area contributed by atoms with Crippen molar-refractivity contribution in [1.82, 2.24) is 15.0 Å². The zero-order chi connectivity index (χ0) is 20.4. The Balaban J connectivity index is 1.54. The summed E-state index contributed by atoms with van der Waals surface area (Å²) in [7, 11) is 1.74. The molecule has 0 bridgehead atoms. The highest BCUT2D eigenvalue weighted by atomic mass is 79.9. The van der Waals surface area contributed by atoms with Crippen LogP contribution in [0.5, 0.6) is 0 Å². The van der Waals surface area contributed by atoms with Crippen LogP contribution in [0.25, 0.3) is 10.8 Å². The molecule has 8 heteroatoms. The minimum absolute atomic E-state index is 0.137. The zero-order valence-electron chi connectivity index (χ0n) is 16.0. The summed E-state index contributed by atoms with van der Waals surface area (Å²) in [4.78, 5) is 29.0. The van der Waals surface area contributed by atoms with E-state index >= 15 is 0 Å². The van der Waals surface area contributed by atoms with Crippen LogP contribution in [0.3, 0.4) is 0 Å². The molecule has 1 atom stereocenters. The van der Waals surface area contributed by atoms with Crippen molar-refractivity contribution in [2.24, 2.45) is 0 Å². The summed E-state index contributed by atoms with van der Waals surface area (Å²) in [6.45, 7) is 5.27. The highest BCUT2D eigenvalue weighted by Gasteiger charge is 2.25. The van der Waals surface area contributed by atoms with E-state index in [0.717, 1.165) is 46.3 Å². The molecule has 1 aliphatic heterocycles. The van der Waals surface area contributed by atoms with Crippen LogP contribution in [-0.2, 0) is 4.79 Å². The number of benzene rings is 1. The quantitative estimate of drug-likeness (QED) is 0.595. The maximum Gasteiger partial charge on any atom is 0.250 e. The van der Waals surface area contributed by atoms with E-state index in [1.165, 1.54) is 6.08 Å². The molecule has 0 radical (unpaired) electrons. The molecule has 0 spiro atoms. The van der Waals surface area contributed by atoms with Gasteiger partial charge in [-0.15, -0.1) is 0 Å². The van der Waals surface area contributed by atoms with Gasteiger partial charge in [-0.3, -0.25) is 4.79 Å². The van der Waals surface area contributed by atoms with Crippen LogP contribution in [0.15, 0.2) is 60.0 Å². The Bertz CT molecular complexity index is 1050. The van der Waals surface area contributed by atoms with E-state index in [4.69, 9.17) is 0 Å². The molecule has 4 rings (SSSR count). The summed E-state index contributed by atoms with van der Waals surface area (Å²) >= 11 is 3.35. The third-order valence-corrected chi connectivity index (χ3v) is 5.47. The minimum Gasteiger partial charge on any atom is -0.354 e. The van der Waals surface area contributed by atoms with Gasteiger partial charge in [-0.05, 0) is 58.1 Å². The average molecular weight is 453 g/mol. The highest BCUT2D eigenvalue weighted by Crippen LogP contribution is 2.30. The van der Waals surface area contributed by atoms with Gasteiger partial charge in [0.15, 0.2) is 0 Å². The number of pyridine rings is 1. The van der Waals surface area contributed by atoms with Crippen LogP contribution in [-0.4, -0.2) is 47.0 Å². The third-order valence-electron chi connectivity index (χ3n) is 5.06. The van der Waals surface area contributed by atoms with Gasteiger partial charge in [0.05, 0.1) is 4.47 Å².